The monoisotopic (exact) mass is 273 g/mol. The van der Waals surface area contributed by atoms with Gasteiger partial charge in [0, 0.05) is 37.4 Å². The van der Waals surface area contributed by atoms with Crippen LogP contribution in [0.25, 0.3) is 0 Å². The number of rotatable bonds is 4. The SMILES string of the molecule is NCCc1nc2c(s1)CN(Cc1ccccc1)CC2. The van der Waals surface area contributed by atoms with E-state index in [1.165, 1.54) is 21.1 Å². The van der Waals surface area contributed by atoms with Gasteiger partial charge in [0.05, 0.1) is 10.7 Å². The van der Waals surface area contributed by atoms with Crippen molar-refractivity contribution in [3.63, 3.8) is 0 Å². The van der Waals surface area contributed by atoms with Crippen molar-refractivity contribution in [2.75, 3.05) is 13.1 Å². The molecule has 2 aromatic rings. The summed E-state index contributed by atoms with van der Waals surface area (Å²) < 4.78 is 0. The van der Waals surface area contributed by atoms with E-state index in [2.05, 4.69) is 35.2 Å². The molecular formula is C15H19N3S. The maximum atomic E-state index is 5.60. The van der Waals surface area contributed by atoms with Crippen molar-refractivity contribution in [1.82, 2.24) is 9.88 Å². The van der Waals surface area contributed by atoms with Gasteiger partial charge in [-0.3, -0.25) is 4.90 Å². The highest BCUT2D eigenvalue weighted by atomic mass is 32.1. The van der Waals surface area contributed by atoms with Crippen LogP contribution in [0, 0.1) is 0 Å². The topological polar surface area (TPSA) is 42.1 Å². The summed E-state index contributed by atoms with van der Waals surface area (Å²) in [5.41, 5.74) is 8.29. The van der Waals surface area contributed by atoms with Crippen molar-refractivity contribution in [3.8, 4) is 0 Å². The van der Waals surface area contributed by atoms with Crippen molar-refractivity contribution in [2.45, 2.75) is 25.9 Å². The Bertz CT molecular complexity index is 536. The van der Waals surface area contributed by atoms with Crippen molar-refractivity contribution < 1.29 is 0 Å². The van der Waals surface area contributed by atoms with Gasteiger partial charge >= 0.3 is 0 Å². The van der Waals surface area contributed by atoms with E-state index in [0.29, 0.717) is 6.54 Å². The lowest BCUT2D eigenvalue weighted by atomic mass is 10.1. The molecule has 1 aliphatic heterocycles. The molecule has 0 radical (unpaired) electrons. The van der Waals surface area contributed by atoms with Crippen molar-refractivity contribution in [2.24, 2.45) is 5.73 Å². The van der Waals surface area contributed by atoms with Gasteiger partial charge in [-0.15, -0.1) is 11.3 Å². The number of benzene rings is 1. The number of hydrogen-bond donors (Lipinski definition) is 1. The number of fused-ring (bicyclic) bond motifs is 1. The minimum Gasteiger partial charge on any atom is -0.330 e. The first kappa shape index (κ1) is 12.8. The minimum atomic E-state index is 0.695. The first-order valence-electron chi connectivity index (χ1n) is 6.79. The van der Waals surface area contributed by atoms with Crippen LogP contribution >= 0.6 is 11.3 Å². The minimum absolute atomic E-state index is 0.695. The van der Waals surface area contributed by atoms with Gasteiger partial charge in [-0.25, -0.2) is 4.98 Å². The molecule has 0 saturated carbocycles. The Hall–Kier alpha value is -1.23. The van der Waals surface area contributed by atoms with E-state index in [1.54, 1.807) is 0 Å². The van der Waals surface area contributed by atoms with Crippen LogP contribution in [0.1, 0.15) is 21.1 Å². The summed E-state index contributed by atoms with van der Waals surface area (Å²) in [6.45, 7) is 3.87. The van der Waals surface area contributed by atoms with Gasteiger partial charge in [-0.05, 0) is 12.1 Å². The van der Waals surface area contributed by atoms with Gasteiger partial charge in [-0.1, -0.05) is 30.3 Å². The van der Waals surface area contributed by atoms with E-state index in [1.807, 2.05) is 11.3 Å². The second-order valence-corrected chi connectivity index (χ2v) is 6.13. The van der Waals surface area contributed by atoms with Crippen LogP contribution < -0.4 is 5.73 Å². The lowest BCUT2D eigenvalue weighted by molar-refractivity contribution is 0.247. The summed E-state index contributed by atoms with van der Waals surface area (Å²) in [6, 6.07) is 10.7. The molecule has 0 saturated heterocycles. The van der Waals surface area contributed by atoms with Crippen molar-refractivity contribution in [1.29, 1.82) is 0 Å². The zero-order chi connectivity index (χ0) is 13.1. The predicted octanol–water partition coefficient (Wildman–Crippen LogP) is 2.20. The molecule has 0 aliphatic carbocycles. The quantitative estimate of drug-likeness (QED) is 0.928. The number of nitrogens with two attached hydrogens (primary N) is 1. The lowest BCUT2D eigenvalue weighted by Gasteiger charge is -2.25. The Kier molecular flexibility index (Phi) is 3.92. The molecule has 1 aromatic carbocycles. The van der Waals surface area contributed by atoms with E-state index in [-0.39, 0.29) is 0 Å². The third-order valence-electron chi connectivity index (χ3n) is 3.46. The van der Waals surface area contributed by atoms with Crippen LogP contribution in [0.4, 0.5) is 0 Å². The Morgan fingerprint density at radius 3 is 2.89 bits per heavy atom. The highest BCUT2D eigenvalue weighted by molar-refractivity contribution is 7.11. The van der Waals surface area contributed by atoms with E-state index < -0.39 is 0 Å². The smallest absolute Gasteiger partial charge is 0.0944 e. The summed E-state index contributed by atoms with van der Waals surface area (Å²) in [5.74, 6) is 0. The molecule has 0 amide bonds. The summed E-state index contributed by atoms with van der Waals surface area (Å²) in [4.78, 5) is 8.63. The van der Waals surface area contributed by atoms with Gasteiger partial charge in [-0.2, -0.15) is 0 Å². The lowest BCUT2D eigenvalue weighted by Crippen LogP contribution is -2.29. The maximum absolute atomic E-state index is 5.60. The standard InChI is InChI=1S/C15H19N3S/c16-8-6-15-17-13-7-9-18(11-14(13)19-15)10-12-4-2-1-3-5-12/h1-5H,6-11,16H2. The highest BCUT2D eigenvalue weighted by Gasteiger charge is 2.20. The largest absolute Gasteiger partial charge is 0.330 e. The maximum Gasteiger partial charge on any atom is 0.0944 e. The molecule has 4 heteroatoms. The van der Waals surface area contributed by atoms with Gasteiger partial charge in [0.1, 0.15) is 0 Å². The number of hydrogen-bond acceptors (Lipinski definition) is 4. The normalized spacial score (nSPS) is 15.4. The summed E-state index contributed by atoms with van der Waals surface area (Å²) >= 11 is 1.84. The van der Waals surface area contributed by atoms with Crippen LogP contribution in [0.5, 0.6) is 0 Å². The fraction of sp³-hybridized carbons (Fsp3) is 0.400. The zero-order valence-corrected chi connectivity index (χ0v) is 11.8. The fourth-order valence-corrected chi connectivity index (χ4v) is 3.68. The first-order chi connectivity index (χ1) is 9.35. The second-order valence-electron chi connectivity index (χ2n) is 4.96. The van der Waals surface area contributed by atoms with Crippen LogP contribution in [-0.4, -0.2) is 23.0 Å². The Morgan fingerprint density at radius 2 is 2.11 bits per heavy atom. The summed E-state index contributed by atoms with van der Waals surface area (Å²) in [5, 5.41) is 1.20. The van der Waals surface area contributed by atoms with Crippen LogP contribution in [0.2, 0.25) is 0 Å². The third-order valence-corrected chi connectivity index (χ3v) is 4.60. The van der Waals surface area contributed by atoms with E-state index in [9.17, 15) is 0 Å². The summed E-state index contributed by atoms with van der Waals surface area (Å²) in [7, 11) is 0. The van der Waals surface area contributed by atoms with Gasteiger partial charge in [0.15, 0.2) is 0 Å². The molecule has 2 heterocycles. The molecule has 2 N–H and O–H groups in total. The molecule has 0 atom stereocenters. The molecule has 0 bridgehead atoms. The third kappa shape index (κ3) is 3.03. The Labute approximate surface area is 118 Å². The van der Waals surface area contributed by atoms with Gasteiger partial charge in [0.2, 0.25) is 0 Å². The van der Waals surface area contributed by atoms with E-state index >= 15 is 0 Å². The molecule has 19 heavy (non-hydrogen) atoms. The van der Waals surface area contributed by atoms with E-state index in [0.717, 1.165) is 32.5 Å². The fourth-order valence-electron chi connectivity index (χ4n) is 2.51. The number of thiazole rings is 1. The average Bonchev–Trinajstić information content (AvgIpc) is 2.82. The van der Waals surface area contributed by atoms with Gasteiger partial charge in [0.25, 0.3) is 0 Å². The second kappa shape index (κ2) is 5.82. The Morgan fingerprint density at radius 1 is 1.26 bits per heavy atom. The molecule has 1 aromatic heterocycles. The number of aromatic nitrogens is 1. The molecule has 0 spiro atoms. The molecule has 100 valence electrons. The molecular weight excluding hydrogens is 254 g/mol. The molecule has 1 aliphatic rings. The molecule has 0 fully saturated rings. The van der Waals surface area contributed by atoms with Gasteiger partial charge < -0.3 is 5.73 Å². The van der Waals surface area contributed by atoms with Crippen LogP contribution in [0.3, 0.4) is 0 Å². The average molecular weight is 273 g/mol. The number of nitrogens with zero attached hydrogens (tertiary/aromatic N) is 2. The van der Waals surface area contributed by atoms with E-state index in [4.69, 9.17) is 10.7 Å². The van der Waals surface area contributed by atoms with Crippen molar-refractivity contribution >= 4 is 11.3 Å². The molecule has 3 nitrogen and oxygen atoms in total. The molecule has 3 rings (SSSR count). The predicted molar refractivity (Wildman–Crippen MR) is 79.1 cm³/mol. The van der Waals surface area contributed by atoms with Crippen LogP contribution in [0.15, 0.2) is 30.3 Å². The van der Waals surface area contributed by atoms with Crippen molar-refractivity contribution in [3.05, 3.63) is 51.5 Å². The highest BCUT2D eigenvalue weighted by Crippen LogP contribution is 2.26. The summed E-state index contributed by atoms with van der Waals surface area (Å²) in [6.07, 6.45) is 1.99. The van der Waals surface area contributed by atoms with Crippen LogP contribution in [-0.2, 0) is 25.9 Å². The first-order valence-corrected chi connectivity index (χ1v) is 7.60. The Balaban J connectivity index is 1.68. The molecule has 0 unspecified atom stereocenters. The zero-order valence-electron chi connectivity index (χ0n) is 11.0.